The number of hydrogen-bond donors (Lipinski definition) is 2. The third-order valence-corrected chi connectivity index (χ3v) is 3.82. The number of hydrogen-bond acceptors (Lipinski definition) is 5. The predicted octanol–water partition coefficient (Wildman–Crippen LogP) is 2.81. The molecule has 0 bridgehead atoms. The van der Waals surface area contributed by atoms with Crippen molar-refractivity contribution in [2.75, 3.05) is 0 Å². The van der Waals surface area contributed by atoms with Gasteiger partial charge < -0.3 is 15.6 Å². The second-order valence-electron chi connectivity index (χ2n) is 5.73. The average Bonchev–Trinajstić information content (AvgIpc) is 2.67. The minimum Gasteiger partial charge on any atom is -0.489 e. The van der Waals surface area contributed by atoms with E-state index in [1.807, 2.05) is 36.4 Å². The molecule has 6 heteroatoms. The smallest absolute Gasteiger partial charge is 0.307 e. The van der Waals surface area contributed by atoms with Crippen LogP contribution in [0.2, 0.25) is 0 Å². The van der Waals surface area contributed by atoms with Gasteiger partial charge in [0.15, 0.2) is 0 Å². The van der Waals surface area contributed by atoms with E-state index in [1.54, 1.807) is 24.4 Å². The number of ether oxygens (including phenoxy) is 1. The Hall–Kier alpha value is -3.25. The molecule has 3 rings (SSSR count). The summed E-state index contributed by atoms with van der Waals surface area (Å²) in [5, 5.41) is 9.01. The van der Waals surface area contributed by atoms with Crippen LogP contribution in [-0.2, 0) is 24.4 Å². The van der Waals surface area contributed by atoms with E-state index in [1.165, 1.54) is 0 Å². The Kier molecular flexibility index (Phi) is 5.56. The number of aliphatic carboxylic acids is 1. The molecule has 132 valence electrons. The van der Waals surface area contributed by atoms with Crippen molar-refractivity contribution in [1.82, 2.24) is 9.97 Å². The van der Waals surface area contributed by atoms with E-state index in [4.69, 9.17) is 15.6 Å². The summed E-state index contributed by atoms with van der Waals surface area (Å²) in [5.74, 6) is 0.280. The second-order valence-corrected chi connectivity index (χ2v) is 5.73. The molecule has 0 aliphatic heterocycles. The molecule has 0 amide bonds. The first kappa shape index (κ1) is 17.6. The number of benzene rings is 2. The Morgan fingerprint density at radius 1 is 1.12 bits per heavy atom. The lowest BCUT2D eigenvalue weighted by molar-refractivity contribution is -0.136. The van der Waals surface area contributed by atoms with Gasteiger partial charge in [0.25, 0.3) is 0 Å². The first-order valence-corrected chi connectivity index (χ1v) is 8.19. The second kappa shape index (κ2) is 8.22. The summed E-state index contributed by atoms with van der Waals surface area (Å²) in [6.07, 6.45) is 1.62. The summed E-state index contributed by atoms with van der Waals surface area (Å²) in [6.45, 7) is 0.621. The molecule has 0 saturated carbocycles. The molecule has 6 nitrogen and oxygen atoms in total. The molecule has 0 saturated heterocycles. The molecule has 3 N–H and O–H groups in total. The van der Waals surface area contributed by atoms with E-state index >= 15 is 0 Å². The summed E-state index contributed by atoms with van der Waals surface area (Å²) in [5.41, 5.74) is 8.96. The number of carboxylic acid groups (broad SMARTS) is 1. The highest BCUT2D eigenvalue weighted by Crippen LogP contribution is 2.22. The van der Waals surface area contributed by atoms with Gasteiger partial charge in [0, 0.05) is 17.3 Å². The monoisotopic (exact) mass is 349 g/mol. The first-order chi connectivity index (χ1) is 12.7. The summed E-state index contributed by atoms with van der Waals surface area (Å²) < 4.78 is 5.84. The van der Waals surface area contributed by atoms with Gasteiger partial charge in [0.1, 0.15) is 18.2 Å². The number of carbonyl (C=O) groups is 1. The summed E-state index contributed by atoms with van der Waals surface area (Å²) >= 11 is 0. The summed E-state index contributed by atoms with van der Waals surface area (Å²) in [6, 6.07) is 16.8. The number of carboxylic acids is 1. The lowest BCUT2D eigenvalue weighted by Gasteiger charge is -2.11. The predicted molar refractivity (Wildman–Crippen MR) is 97.5 cm³/mol. The molecule has 0 spiro atoms. The van der Waals surface area contributed by atoms with Crippen molar-refractivity contribution < 1.29 is 14.6 Å². The average molecular weight is 349 g/mol. The summed E-state index contributed by atoms with van der Waals surface area (Å²) in [4.78, 5) is 19.5. The third kappa shape index (κ3) is 4.43. The van der Waals surface area contributed by atoms with Crippen LogP contribution in [0.25, 0.3) is 11.3 Å². The van der Waals surface area contributed by atoms with E-state index < -0.39 is 5.97 Å². The van der Waals surface area contributed by atoms with Gasteiger partial charge in [-0.2, -0.15) is 0 Å². The standard InChI is InChI=1S/C20H19N3O3/c21-12-19-22-9-8-17(23-19)15-6-3-4-14(10-15)13-26-18-7-2-1-5-16(18)11-20(24)25/h1-10H,11-13,21H2,(H,24,25). The molecule has 0 radical (unpaired) electrons. The largest absolute Gasteiger partial charge is 0.489 e. The fraction of sp³-hybridized carbons (Fsp3) is 0.150. The highest BCUT2D eigenvalue weighted by Gasteiger charge is 2.08. The maximum Gasteiger partial charge on any atom is 0.307 e. The van der Waals surface area contributed by atoms with Crippen LogP contribution >= 0.6 is 0 Å². The lowest BCUT2D eigenvalue weighted by Crippen LogP contribution is -2.04. The highest BCUT2D eigenvalue weighted by molar-refractivity contribution is 5.71. The quantitative estimate of drug-likeness (QED) is 0.680. The maximum absolute atomic E-state index is 11.0. The van der Waals surface area contributed by atoms with Crippen LogP contribution in [0.5, 0.6) is 5.75 Å². The van der Waals surface area contributed by atoms with Gasteiger partial charge in [0.2, 0.25) is 0 Å². The number of rotatable bonds is 7. The van der Waals surface area contributed by atoms with Crippen molar-refractivity contribution in [3.8, 4) is 17.0 Å². The van der Waals surface area contributed by atoms with Gasteiger partial charge in [-0.3, -0.25) is 4.79 Å². The minimum atomic E-state index is -0.887. The van der Waals surface area contributed by atoms with Gasteiger partial charge >= 0.3 is 5.97 Å². The summed E-state index contributed by atoms with van der Waals surface area (Å²) in [7, 11) is 0. The van der Waals surface area contributed by atoms with Gasteiger partial charge in [-0.05, 0) is 23.8 Å². The van der Waals surface area contributed by atoms with E-state index in [0.717, 1.165) is 16.8 Å². The molecule has 1 heterocycles. The minimum absolute atomic E-state index is 0.0704. The van der Waals surface area contributed by atoms with Gasteiger partial charge in [0.05, 0.1) is 18.7 Å². The Bertz CT molecular complexity index is 912. The molecule has 0 fully saturated rings. The number of nitrogens with zero attached hydrogens (tertiary/aromatic N) is 2. The van der Waals surface area contributed by atoms with Crippen LogP contribution in [-0.4, -0.2) is 21.0 Å². The Labute approximate surface area is 151 Å². The van der Waals surface area contributed by atoms with Crippen LogP contribution in [0.4, 0.5) is 0 Å². The van der Waals surface area contributed by atoms with Crippen molar-refractivity contribution >= 4 is 5.97 Å². The Morgan fingerprint density at radius 3 is 2.77 bits per heavy atom. The highest BCUT2D eigenvalue weighted by atomic mass is 16.5. The van der Waals surface area contributed by atoms with E-state index in [2.05, 4.69) is 9.97 Å². The van der Waals surface area contributed by atoms with Crippen molar-refractivity contribution in [3.05, 3.63) is 77.7 Å². The number of nitrogens with two attached hydrogens (primary N) is 1. The van der Waals surface area contributed by atoms with E-state index in [0.29, 0.717) is 23.7 Å². The third-order valence-electron chi connectivity index (χ3n) is 3.82. The fourth-order valence-electron chi connectivity index (χ4n) is 2.59. The van der Waals surface area contributed by atoms with Crippen molar-refractivity contribution in [2.45, 2.75) is 19.6 Å². The molecule has 2 aromatic carbocycles. The van der Waals surface area contributed by atoms with Crippen LogP contribution in [0.15, 0.2) is 60.8 Å². The first-order valence-electron chi connectivity index (χ1n) is 8.19. The van der Waals surface area contributed by atoms with E-state index in [-0.39, 0.29) is 13.0 Å². The molecule has 0 aliphatic rings. The van der Waals surface area contributed by atoms with Crippen molar-refractivity contribution in [3.63, 3.8) is 0 Å². The molecule has 0 unspecified atom stereocenters. The molecule has 0 aliphatic carbocycles. The van der Waals surface area contributed by atoms with Crippen LogP contribution in [0.1, 0.15) is 17.0 Å². The fourth-order valence-corrected chi connectivity index (χ4v) is 2.59. The molecular formula is C20H19N3O3. The molecule has 3 aromatic rings. The zero-order valence-corrected chi connectivity index (χ0v) is 14.1. The van der Waals surface area contributed by atoms with Crippen LogP contribution in [0.3, 0.4) is 0 Å². The Morgan fingerprint density at radius 2 is 1.96 bits per heavy atom. The van der Waals surface area contributed by atoms with Gasteiger partial charge in [-0.1, -0.05) is 36.4 Å². The number of aromatic nitrogens is 2. The topological polar surface area (TPSA) is 98.3 Å². The Balaban J connectivity index is 1.77. The SMILES string of the molecule is NCc1nccc(-c2cccc(COc3ccccc3CC(=O)O)c2)n1. The molecule has 1 aromatic heterocycles. The van der Waals surface area contributed by atoms with Crippen molar-refractivity contribution in [2.24, 2.45) is 5.73 Å². The maximum atomic E-state index is 11.0. The molecule has 26 heavy (non-hydrogen) atoms. The zero-order valence-electron chi connectivity index (χ0n) is 14.1. The number of para-hydroxylation sites is 1. The molecular weight excluding hydrogens is 330 g/mol. The van der Waals surface area contributed by atoms with Crippen LogP contribution < -0.4 is 10.5 Å². The van der Waals surface area contributed by atoms with Crippen LogP contribution in [0, 0.1) is 0 Å². The molecule has 0 atom stereocenters. The lowest BCUT2D eigenvalue weighted by atomic mass is 10.1. The van der Waals surface area contributed by atoms with Gasteiger partial charge in [-0.25, -0.2) is 9.97 Å². The normalized spacial score (nSPS) is 10.5. The van der Waals surface area contributed by atoms with Crippen molar-refractivity contribution in [1.29, 1.82) is 0 Å². The zero-order chi connectivity index (χ0) is 18.4. The van der Waals surface area contributed by atoms with Gasteiger partial charge in [-0.15, -0.1) is 0 Å². The van der Waals surface area contributed by atoms with E-state index in [9.17, 15) is 4.79 Å².